The minimum absolute atomic E-state index is 0.417. The lowest BCUT2D eigenvalue weighted by Crippen LogP contribution is -2.45. The van der Waals surface area contributed by atoms with Gasteiger partial charge in [0.2, 0.25) is 5.91 Å². The van der Waals surface area contributed by atoms with Gasteiger partial charge in [0.15, 0.2) is 0 Å². The van der Waals surface area contributed by atoms with Gasteiger partial charge in [0.1, 0.15) is 16.0 Å². The van der Waals surface area contributed by atoms with Gasteiger partial charge in [-0.2, -0.15) is 0 Å². The predicted octanol–water partition coefficient (Wildman–Crippen LogP) is 1.52. The number of primary amides is 1. The molecule has 0 saturated carbocycles. The van der Waals surface area contributed by atoms with Crippen molar-refractivity contribution in [2.45, 2.75) is 19.4 Å². The van der Waals surface area contributed by atoms with E-state index in [1.807, 2.05) is 12.1 Å². The minimum Gasteiger partial charge on any atom is -0.368 e. The highest BCUT2D eigenvalue weighted by Gasteiger charge is 2.24. The molecule has 0 aliphatic heterocycles. The Labute approximate surface area is 91.0 Å². The van der Waals surface area contributed by atoms with E-state index in [9.17, 15) is 4.79 Å². The molecule has 0 aromatic carbocycles. The highest BCUT2D eigenvalue weighted by atomic mass is 79.9. The van der Waals surface area contributed by atoms with Crippen LogP contribution in [-0.4, -0.2) is 16.4 Å². The summed E-state index contributed by atoms with van der Waals surface area (Å²) in [6.45, 7) is 3.41. The number of anilines is 1. The van der Waals surface area contributed by atoms with Crippen molar-refractivity contribution < 1.29 is 4.79 Å². The van der Waals surface area contributed by atoms with Crippen LogP contribution in [0.5, 0.6) is 0 Å². The quantitative estimate of drug-likeness (QED) is 0.807. The van der Waals surface area contributed by atoms with Gasteiger partial charge in [-0.1, -0.05) is 6.07 Å². The number of nitrogens with zero attached hydrogens (tertiary/aromatic N) is 1. The standard InChI is InChI=1S/C9H12BrN3O/c1-9(2,8(11)14)13-7-5-3-4-6(10)12-7/h3-5H,1-2H3,(H2,11,14)(H,12,13). The summed E-state index contributed by atoms with van der Waals surface area (Å²) in [6.07, 6.45) is 0. The Morgan fingerprint density at radius 2 is 2.21 bits per heavy atom. The monoisotopic (exact) mass is 257 g/mol. The highest BCUT2D eigenvalue weighted by molar-refractivity contribution is 9.10. The second-order valence-corrected chi connectivity index (χ2v) is 4.27. The first-order valence-electron chi connectivity index (χ1n) is 4.12. The zero-order chi connectivity index (χ0) is 10.8. The molecule has 0 saturated heterocycles. The maximum atomic E-state index is 11.0. The third kappa shape index (κ3) is 2.70. The number of halogens is 1. The lowest BCUT2D eigenvalue weighted by Gasteiger charge is -2.22. The van der Waals surface area contributed by atoms with Crippen molar-refractivity contribution in [2.75, 3.05) is 5.32 Å². The third-order valence-corrected chi connectivity index (χ3v) is 2.21. The van der Waals surface area contributed by atoms with Gasteiger partial charge >= 0.3 is 0 Å². The molecule has 5 heteroatoms. The van der Waals surface area contributed by atoms with Crippen molar-refractivity contribution in [3.8, 4) is 0 Å². The van der Waals surface area contributed by atoms with Crippen LogP contribution < -0.4 is 11.1 Å². The summed E-state index contributed by atoms with van der Waals surface area (Å²) in [5.74, 6) is 0.197. The SMILES string of the molecule is CC(C)(Nc1cccc(Br)n1)C(N)=O. The average Bonchev–Trinajstić information content (AvgIpc) is 2.02. The van der Waals surface area contributed by atoms with Crippen LogP contribution in [0.1, 0.15) is 13.8 Å². The molecule has 1 amide bonds. The summed E-state index contributed by atoms with van der Waals surface area (Å²) in [7, 11) is 0. The normalized spacial score (nSPS) is 11.1. The molecule has 0 bridgehead atoms. The number of aromatic nitrogens is 1. The van der Waals surface area contributed by atoms with Gasteiger partial charge in [0, 0.05) is 0 Å². The Morgan fingerprint density at radius 3 is 2.71 bits per heavy atom. The van der Waals surface area contributed by atoms with E-state index in [0.717, 1.165) is 0 Å². The fourth-order valence-electron chi connectivity index (χ4n) is 0.860. The van der Waals surface area contributed by atoms with Gasteiger partial charge in [-0.25, -0.2) is 4.98 Å². The molecule has 0 aliphatic rings. The van der Waals surface area contributed by atoms with E-state index >= 15 is 0 Å². The zero-order valence-corrected chi connectivity index (χ0v) is 9.63. The summed E-state index contributed by atoms with van der Waals surface area (Å²) in [5.41, 5.74) is 4.42. The molecule has 0 fully saturated rings. The van der Waals surface area contributed by atoms with Crippen molar-refractivity contribution in [3.63, 3.8) is 0 Å². The Kier molecular flexibility index (Phi) is 3.10. The fraction of sp³-hybridized carbons (Fsp3) is 0.333. The molecule has 0 spiro atoms. The molecule has 1 heterocycles. The number of nitrogens with one attached hydrogen (secondary N) is 1. The third-order valence-electron chi connectivity index (χ3n) is 1.77. The number of pyridine rings is 1. The van der Waals surface area contributed by atoms with E-state index in [2.05, 4.69) is 26.2 Å². The molecular formula is C9H12BrN3O. The lowest BCUT2D eigenvalue weighted by atomic mass is 10.1. The summed E-state index contributed by atoms with van der Waals surface area (Å²) in [4.78, 5) is 15.2. The fourth-order valence-corrected chi connectivity index (χ4v) is 1.20. The number of carbonyl (C=O) groups is 1. The van der Waals surface area contributed by atoms with Crippen LogP contribution in [0.2, 0.25) is 0 Å². The molecular weight excluding hydrogens is 246 g/mol. The lowest BCUT2D eigenvalue weighted by molar-refractivity contribution is -0.121. The average molecular weight is 258 g/mol. The second kappa shape index (κ2) is 3.96. The first kappa shape index (κ1) is 11.0. The van der Waals surface area contributed by atoms with Crippen molar-refractivity contribution in [3.05, 3.63) is 22.8 Å². The van der Waals surface area contributed by atoms with Gasteiger partial charge in [-0.15, -0.1) is 0 Å². The van der Waals surface area contributed by atoms with Crippen LogP contribution in [0.15, 0.2) is 22.8 Å². The molecule has 4 nitrogen and oxygen atoms in total. The maximum absolute atomic E-state index is 11.0. The van der Waals surface area contributed by atoms with Gasteiger partial charge < -0.3 is 11.1 Å². The van der Waals surface area contributed by atoms with Crippen LogP contribution in [-0.2, 0) is 4.79 Å². The number of rotatable bonds is 3. The van der Waals surface area contributed by atoms with E-state index in [1.54, 1.807) is 19.9 Å². The smallest absolute Gasteiger partial charge is 0.242 e. The zero-order valence-electron chi connectivity index (χ0n) is 8.04. The Hall–Kier alpha value is -1.10. The maximum Gasteiger partial charge on any atom is 0.242 e. The van der Waals surface area contributed by atoms with Gasteiger partial charge in [0.05, 0.1) is 0 Å². The number of hydrogen-bond acceptors (Lipinski definition) is 3. The predicted molar refractivity (Wildman–Crippen MR) is 58.8 cm³/mol. The van der Waals surface area contributed by atoms with Crippen LogP contribution >= 0.6 is 15.9 Å². The van der Waals surface area contributed by atoms with Crippen LogP contribution in [0.25, 0.3) is 0 Å². The molecule has 0 atom stereocenters. The molecule has 1 rings (SSSR count). The summed E-state index contributed by atoms with van der Waals surface area (Å²) >= 11 is 3.24. The number of hydrogen-bond donors (Lipinski definition) is 2. The molecule has 76 valence electrons. The van der Waals surface area contributed by atoms with Gasteiger partial charge in [-0.05, 0) is 41.9 Å². The van der Waals surface area contributed by atoms with E-state index < -0.39 is 11.4 Å². The molecule has 0 radical (unpaired) electrons. The van der Waals surface area contributed by atoms with Gasteiger partial charge in [0.25, 0.3) is 0 Å². The Bertz CT molecular complexity index is 352. The van der Waals surface area contributed by atoms with E-state index in [1.165, 1.54) is 0 Å². The number of carbonyl (C=O) groups excluding carboxylic acids is 1. The van der Waals surface area contributed by atoms with E-state index in [4.69, 9.17) is 5.73 Å². The van der Waals surface area contributed by atoms with E-state index in [-0.39, 0.29) is 0 Å². The number of amides is 1. The van der Waals surface area contributed by atoms with Crippen LogP contribution in [0.4, 0.5) is 5.82 Å². The molecule has 14 heavy (non-hydrogen) atoms. The minimum atomic E-state index is -0.798. The van der Waals surface area contributed by atoms with E-state index in [0.29, 0.717) is 10.4 Å². The largest absolute Gasteiger partial charge is 0.368 e. The van der Waals surface area contributed by atoms with Crippen molar-refractivity contribution in [2.24, 2.45) is 5.73 Å². The van der Waals surface area contributed by atoms with Crippen LogP contribution in [0, 0.1) is 0 Å². The highest BCUT2D eigenvalue weighted by Crippen LogP contribution is 2.15. The summed E-state index contributed by atoms with van der Waals surface area (Å²) in [6, 6.07) is 5.41. The van der Waals surface area contributed by atoms with Crippen molar-refractivity contribution in [1.29, 1.82) is 0 Å². The first-order chi connectivity index (χ1) is 6.42. The van der Waals surface area contributed by atoms with Crippen LogP contribution in [0.3, 0.4) is 0 Å². The van der Waals surface area contributed by atoms with Gasteiger partial charge in [-0.3, -0.25) is 4.79 Å². The molecule has 1 aromatic rings. The van der Waals surface area contributed by atoms with Crippen molar-refractivity contribution >= 4 is 27.7 Å². The van der Waals surface area contributed by atoms with Crippen molar-refractivity contribution in [1.82, 2.24) is 4.98 Å². The number of nitrogens with two attached hydrogens (primary N) is 1. The molecule has 0 aliphatic carbocycles. The first-order valence-corrected chi connectivity index (χ1v) is 4.92. The molecule has 0 unspecified atom stereocenters. The molecule has 3 N–H and O–H groups in total. The Morgan fingerprint density at radius 1 is 1.57 bits per heavy atom. The summed E-state index contributed by atoms with van der Waals surface area (Å²) < 4.78 is 0.711. The second-order valence-electron chi connectivity index (χ2n) is 3.46. The Balaban J connectivity index is 2.83. The topological polar surface area (TPSA) is 68.0 Å². The molecule has 1 aromatic heterocycles. The summed E-state index contributed by atoms with van der Waals surface area (Å²) in [5, 5.41) is 2.94.